The first-order chi connectivity index (χ1) is 8.33. The molecule has 2 heterocycles. The molecule has 0 bridgehead atoms. The monoisotopic (exact) mass is 231 g/mol. The standard InChI is InChI=1S/C12H17N5/c1-2-11-3-4-12(15-14-11)17-9-7-16(6-5-13)8-10-17/h3-4H,2,6-10H2,1H3. The fourth-order valence-corrected chi connectivity index (χ4v) is 1.95. The van der Waals surface area contributed by atoms with Gasteiger partial charge in [-0.25, -0.2) is 0 Å². The van der Waals surface area contributed by atoms with Crippen molar-refractivity contribution < 1.29 is 0 Å². The van der Waals surface area contributed by atoms with Gasteiger partial charge in [-0.3, -0.25) is 4.90 Å². The Morgan fingerprint density at radius 2 is 2.00 bits per heavy atom. The first-order valence-electron chi connectivity index (χ1n) is 6.00. The number of piperazine rings is 1. The molecule has 0 unspecified atom stereocenters. The van der Waals surface area contributed by atoms with Crippen molar-refractivity contribution in [3.05, 3.63) is 17.8 Å². The maximum atomic E-state index is 8.63. The van der Waals surface area contributed by atoms with Gasteiger partial charge in [-0.1, -0.05) is 6.92 Å². The number of nitriles is 1. The highest BCUT2D eigenvalue weighted by Crippen LogP contribution is 2.12. The normalized spacial score (nSPS) is 16.8. The zero-order valence-electron chi connectivity index (χ0n) is 10.1. The van der Waals surface area contributed by atoms with E-state index in [-0.39, 0.29) is 0 Å². The van der Waals surface area contributed by atoms with E-state index in [2.05, 4.69) is 33.0 Å². The zero-order valence-corrected chi connectivity index (χ0v) is 10.1. The van der Waals surface area contributed by atoms with Crippen LogP contribution in [0.1, 0.15) is 12.6 Å². The van der Waals surface area contributed by atoms with Crippen LogP contribution in [0, 0.1) is 11.3 Å². The molecule has 0 N–H and O–H groups in total. The molecule has 1 saturated heterocycles. The number of aryl methyl sites for hydroxylation is 1. The highest BCUT2D eigenvalue weighted by atomic mass is 15.3. The van der Waals surface area contributed by atoms with Crippen molar-refractivity contribution >= 4 is 5.82 Å². The zero-order chi connectivity index (χ0) is 12.1. The molecule has 17 heavy (non-hydrogen) atoms. The van der Waals surface area contributed by atoms with E-state index in [1.165, 1.54) is 0 Å². The van der Waals surface area contributed by atoms with E-state index in [1.807, 2.05) is 12.1 Å². The summed E-state index contributed by atoms with van der Waals surface area (Å²) in [5.74, 6) is 0.943. The van der Waals surface area contributed by atoms with Crippen LogP contribution >= 0.6 is 0 Å². The largest absolute Gasteiger partial charge is 0.353 e. The number of hydrogen-bond acceptors (Lipinski definition) is 5. The molecule has 0 aliphatic carbocycles. The summed E-state index contributed by atoms with van der Waals surface area (Å²) < 4.78 is 0. The molecule has 0 spiro atoms. The second kappa shape index (κ2) is 5.60. The minimum absolute atomic E-state index is 0.522. The van der Waals surface area contributed by atoms with Crippen molar-refractivity contribution in [3.63, 3.8) is 0 Å². The van der Waals surface area contributed by atoms with Gasteiger partial charge >= 0.3 is 0 Å². The molecule has 0 aromatic carbocycles. The van der Waals surface area contributed by atoms with Crippen LogP contribution in [0.5, 0.6) is 0 Å². The number of nitrogens with zero attached hydrogens (tertiary/aromatic N) is 5. The quantitative estimate of drug-likeness (QED) is 0.716. The Kier molecular flexibility index (Phi) is 3.89. The van der Waals surface area contributed by atoms with Crippen LogP contribution in [0.3, 0.4) is 0 Å². The maximum Gasteiger partial charge on any atom is 0.151 e. The predicted octanol–water partition coefficient (Wildman–Crippen LogP) is 0.685. The predicted molar refractivity (Wildman–Crippen MR) is 65.7 cm³/mol. The van der Waals surface area contributed by atoms with Crippen molar-refractivity contribution in [2.75, 3.05) is 37.6 Å². The van der Waals surface area contributed by atoms with Gasteiger partial charge in [-0.2, -0.15) is 10.4 Å². The molecule has 5 nitrogen and oxygen atoms in total. The van der Waals surface area contributed by atoms with Gasteiger partial charge in [0.05, 0.1) is 18.3 Å². The lowest BCUT2D eigenvalue weighted by Gasteiger charge is -2.33. The Bertz CT molecular complexity index is 386. The summed E-state index contributed by atoms with van der Waals surface area (Å²) in [6, 6.07) is 6.25. The lowest BCUT2D eigenvalue weighted by Crippen LogP contribution is -2.46. The van der Waals surface area contributed by atoms with Crippen LogP contribution < -0.4 is 4.90 Å². The fraction of sp³-hybridized carbons (Fsp3) is 0.583. The lowest BCUT2D eigenvalue weighted by atomic mass is 10.3. The summed E-state index contributed by atoms with van der Waals surface area (Å²) in [6.45, 7) is 6.28. The van der Waals surface area contributed by atoms with Crippen molar-refractivity contribution in [2.24, 2.45) is 0 Å². The smallest absolute Gasteiger partial charge is 0.151 e. The van der Waals surface area contributed by atoms with Crippen molar-refractivity contribution in [2.45, 2.75) is 13.3 Å². The summed E-state index contributed by atoms with van der Waals surface area (Å²) >= 11 is 0. The molecule has 1 aliphatic rings. The van der Waals surface area contributed by atoms with Crippen LogP contribution in [-0.4, -0.2) is 47.8 Å². The first-order valence-corrected chi connectivity index (χ1v) is 6.00. The molecule has 90 valence electrons. The van der Waals surface area contributed by atoms with Gasteiger partial charge in [-0.05, 0) is 18.6 Å². The Morgan fingerprint density at radius 3 is 2.53 bits per heavy atom. The number of rotatable bonds is 3. The van der Waals surface area contributed by atoms with Crippen molar-refractivity contribution in [3.8, 4) is 6.07 Å². The average Bonchev–Trinajstić information content (AvgIpc) is 2.40. The second-order valence-electron chi connectivity index (χ2n) is 4.16. The van der Waals surface area contributed by atoms with E-state index in [4.69, 9.17) is 5.26 Å². The van der Waals surface area contributed by atoms with Gasteiger partial charge in [-0.15, -0.1) is 5.10 Å². The van der Waals surface area contributed by atoms with Gasteiger partial charge in [0.2, 0.25) is 0 Å². The molecule has 1 fully saturated rings. The second-order valence-corrected chi connectivity index (χ2v) is 4.16. The van der Waals surface area contributed by atoms with E-state index in [0.717, 1.165) is 44.1 Å². The van der Waals surface area contributed by atoms with E-state index >= 15 is 0 Å². The van der Waals surface area contributed by atoms with E-state index in [1.54, 1.807) is 0 Å². The molecule has 2 rings (SSSR count). The summed E-state index contributed by atoms with van der Waals surface area (Å²) in [5.41, 5.74) is 1.02. The molecule has 0 radical (unpaired) electrons. The van der Waals surface area contributed by atoms with E-state index < -0.39 is 0 Å². The molecule has 1 aliphatic heterocycles. The summed E-state index contributed by atoms with van der Waals surface area (Å²) in [4.78, 5) is 4.38. The number of hydrogen-bond donors (Lipinski definition) is 0. The molecule has 0 atom stereocenters. The van der Waals surface area contributed by atoms with Crippen LogP contribution in [0.25, 0.3) is 0 Å². The topological polar surface area (TPSA) is 56.0 Å². The van der Waals surface area contributed by atoms with Crippen LogP contribution in [0.2, 0.25) is 0 Å². The Morgan fingerprint density at radius 1 is 1.24 bits per heavy atom. The highest BCUT2D eigenvalue weighted by Gasteiger charge is 2.17. The Balaban J connectivity index is 1.93. The minimum Gasteiger partial charge on any atom is -0.353 e. The molecule has 0 saturated carbocycles. The van der Waals surface area contributed by atoms with Gasteiger partial charge in [0.15, 0.2) is 5.82 Å². The third kappa shape index (κ3) is 2.92. The van der Waals surface area contributed by atoms with Crippen molar-refractivity contribution in [1.82, 2.24) is 15.1 Å². The maximum absolute atomic E-state index is 8.63. The number of aromatic nitrogens is 2. The fourth-order valence-electron chi connectivity index (χ4n) is 1.95. The lowest BCUT2D eigenvalue weighted by molar-refractivity contribution is 0.286. The van der Waals surface area contributed by atoms with Gasteiger partial charge < -0.3 is 4.90 Å². The van der Waals surface area contributed by atoms with Gasteiger partial charge in [0, 0.05) is 26.2 Å². The van der Waals surface area contributed by atoms with Crippen LogP contribution in [0.4, 0.5) is 5.82 Å². The van der Waals surface area contributed by atoms with Gasteiger partial charge in [0.1, 0.15) is 0 Å². The average molecular weight is 231 g/mol. The molecular weight excluding hydrogens is 214 g/mol. The van der Waals surface area contributed by atoms with Crippen LogP contribution in [-0.2, 0) is 6.42 Å². The van der Waals surface area contributed by atoms with E-state index in [0.29, 0.717) is 6.54 Å². The minimum atomic E-state index is 0.522. The van der Waals surface area contributed by atoms with Crippen LogP contribution in [0.15, 0.2) is 12.1 Å². The first kappa shape index (κ1) is 11.8. The highest BCUT2D eigenvalue weighted by molar-refractivity contribution is 5.37. The summed E-state index contributed by atoms with van der Waals surface area (Å²) in [6.07, 6.45) is 0.920. The molecule has 1 aromatic rings. The Labute approximate surface area is 102 Å². The van der Waals surface area contributed by atoms with E-state index in [9.17, 15) is 0 Å². The molecule has 0 amide bonds. The molecule has 1 aromatic heterocycles. The third-order valence-electron chi connectivity index (χ3n) is 3.06. The summed E-state index contributed by atoms with van der Waals surface area (Å²) in [7, 11) is 0. The molecular formula is C12H17N5. The molecule has 5 heteroatoms. The SMILES string of the molecule is CCc1ccc(N2CCN(CC#N)CC2)nn1. The number of anilines is 1. The third-order valence-corrected chi connectivity index (χ3v) is 3.06. The van der Waals surface area contributed by atoms with Crippen molar-refractivity contribution in [1.29, 1.82) is 5.26 Å². The van der Waals surface area contributed by atoms with Gasteiger partial charge in [0.25, 0.3) is 0 Å². The Hall–Kier alpha value is -1.67. The summed E-state index contributed by atoms with van der Waals surface area (Å²) in [5, 5.41) is 17.0.